The quantitative estimate of drug-likeness (QED) is 0.858. The molecule has 0 saturated heterocycles. The van der Waals surface area contributed by atoms with E-state index in [0.717, 1.165) is 18.5 Å². The molecular formula is C15H23N3O. The average Bonchev–Trinajstić information content (AvgIpc) is 2.38. The van der Waals surface area contributed by atoms with Crippen molar-refractivity contribution in [2.45, 2.75) is 38.8 Å². The molecule has 3 N–H and O–H groups in total. The number of benzene rings is 1. The maximum atomic E-state index is 12.0. The second kappa shape index (κ2) is 6.06. The van der Waals surface area contributed by atoms with Gasteiger partial charge in [-0.1, -0.05) is 18.2 Å². The lowest BCUT2D eigenvalue weighted by atomic mass is 9.95. The Morgan fingerprint density at radius 2 is 2.21 bits per heavy atom. The molecule has 1 amide bonds. The van der Waals surface area contributed by atoms with Crippen molar-refractivity contribution < 1.29 is 4.79 Å². The molecule has 4 nitrogen and oxygen atoms in total. The molecule has 0 radical (unpaired) electrons. The number of anilines is 1. The van der Waals surface area contributed by atoms with Gasteiger partial charge in [-0.15, -0.1) is 0 Å². The summed E-state index contributed by atoms with van der Waals surface area (Å²) in [5.41, 5.74) is 8.32. The maximum Gasteiger partial charge on any atom is 0.239 e. The third-order valence-corrected chi connectivity index (χ3v) is 3.52. The fraction of sp³-hybridized carbons (Fsp3) is 0.533. The highest BCUT2D eigenvalue weighted by molar-refractivity contribution is 5.82. The number of para-hydroxylation sites is 1. The van der Waals surface area contributed by atoms with E-state index in [1.165, 1.54) is 5.56 Å². The number of aryl methyl sites for hydroxylation is 1. The van der Waals surface area contributed by atoms with Crippen LogP contribution in [0, 0.1) is 0 Å². The molecule has 0 fully saturated rings. The number of fused-ring (bicyclic) bond motifs is 1. The third-order valence-electron chi connectivity index (χ3n) is 3.52. The van der Waals surface area contributed by atoms with Gasteiger partial charge in [0.05, 0.1) is 6.54 Å². The van der Waals surface area contributed by atoms with E-state index >= 15 is 0 Å². The number of nitrogens with two attached hydrogens (primary N) is 1. The van der Waals surface area contributed by atoms with Gasteiger partial charge < -0.3 is 16.0 Å². The van der Waals surface area contributed by atoms with Gasteiger partial charge in [0.15, 0.2) is 0 Å². The molecule has 104 valence electrons. The molecule has 1 aliphatic heterocycles. The Morgan fingerprint density at radius 1 is 1.47 bits per heavy atom. The van der Waals surface area contributed by atoms with Crippen molar-refractivity contribution in [2.75, 3.05) is 18.0 Å². The average molecular weight is 261 g/mol. The molecule has 0 saturated carbocycles. The van der Waals surface area contributed by atoms with E-state index in [0.29, 0.717) is 13.1 Å². The van der Waals surface area contributed by atoms with Crippen molar-refractivity contribution in [1.29, 1.82) is 0 Å². The van der Waals surface area contributed by atoms with Gasteiger partial charge in [0.25, 0.3) is 0 Å². The molecule has 1 heterocycles. The lowest BCUT2D eigenvalue weighted by Crippen LogP contribution is -2.49. The smallest absolute Gasteiger partial charge is 0.239 e. The van der Waals surface area contributed by atoms with E-state index in [-0.39, 0.29) is 18.0 Å². The number of hydrogen-bond donors (Lipinski definition) is 2. The van der Waals surface area contributed by atoms with Gasteiger partial charge in [-0.25, -0.2) is 0 Å². The molecule has 2 rings (SSSR count). The molecule has 0 spiro atoms. The zero-order valence-corrected chi connectivity index (χ0v) is 11.7. The van der Waals surface area contributed by atoms with Gasteiger partial charge in [-0.05, 0) is 38.3 Å². The molecular weight excluding hydrogens is 238 g/mol. The Morgan fingerprint density at radius 3 is 2.89 bits per heavy atom. The third kappa shape index (κ3) is 3.26. The summed E-state index contributed by atoms with van der Waals surface area (Å²) in [5.74, 6) is 0.0603. The van der Waals surface area contributed by atoms with E-state index in [2.05, 4.69) is 22.3 Å². The van der Waals surface area contributed by atoms with Crippen molar-refractivity contribution in [3.63, 3.8) is 0 Å². The number of carbonyl (C=O) groups excluding carboxylic acids is 1. The summed E-state index contributed by atoms with van der Waals surface area (Å²) < 4.78 is 0. The predicted molar refractivity (Wildman–Crippen MR) is 78.2 cm³/mol. The van der Waals surface area contributed by atoms with Crippen LogP contribution in [0.4, 0.5) is 5.69 Å². The van der Waals surface area contributed by atoms with Crippen molar-refractivity contribution in [3.05, 3.63) is 29.8 Å². The summed E-state index contributed by atoms with van der Waals surface area (Å²) in [6, 6.07) is 8.71. The van der Waals surface area contributed by atoms with Gasteiger partial charge >= 0.3 is 0 Å². The van der Waals surface area contributed by atoms with Crippen LogP contribution in [0.3, 0.4) is 0 Å². The second-order valence-corrected chi connectivity index (χ2v) is 5.41. The maximum absolute atomic E-state index is 12.0. The summed E-state index contributed by atoms with van der Waals surface area (Å²) >= 11 is 0. The second-order valence-electron chi connectivity index (χ2n) is 5.41. The Bertz CT molecular complexity index is 445. The first-order chi connectivity index (χ1) is 9.11. The van der Waals surface area contributed by atoms with Crippen LogP contribution in [-0.2, 0) is 11.2 Å². The SMILES string of the molecule is CC(C)NC(=O)CN1c2ccccc2CCC1CN. The summed E-state index contributed by atoms with van der Waals surface area (Å²) in [6.45, 7) is 4.92. The van der Waals surface area contributed by atoms with Gasteiger partial charge in [-0.3, -0.25) is 4.79 Å². The fourth-order valence-corrected chi connectivity index (χ4v) is 2.66. The normalized spacial score (nSPS) is 18.3. The molecule has 1 aromatic rings. The number of amides is 1. The van der Waals surface area contributed by atoms with E-state index in [9.17, 15) is 4.79 Å². The Hall–Kier alpha value is -1.55. The molecule has 0 bridgehead atoms. The first-order valence-electron chi connectivity index (χ1n) is 6.95. The molecule has 19 heavy (non-hydrogen) atoms. The minimum Gasteiger partial charge on any atom is -0.358 e. The monoisotopic (exact) mass is 261 g/mol. The van der Waals surface area contributed by atoms with Crippen LogP contribution in [0.2, 0.25) is 0 Å². The molecule has 4 heteroatoms. The van der Waals surface area contributed by atoms with Gasteiger partial charge in [-0.2, -0.15) is 0 Å². The minimum atomic E-state index is 0.0603. The van der Waals surface area contributed by atoms with Crippen LogP contribution in [0.1, 0.15) is 25.8 Å². The van der Waals surface area contributed by atoms with E-state index < -0.39 is 0 Å². The Labute approximate surface area is 115 Å². The summed E-state index contributed by atoms with van der Waals surface area (Å²) in [5, 5.41) is 2.94. The predicted octanol–water partition coefficient (Wildman–Crippen LogP) is 1.29. The van der Waals surface area contributed by atoms with Crippen molar-refractivity contribution in [3.8, 4) is 0 Å². The van der Waals surface area contributed by atoms with E-state index in [4.69, 9.17) is 5.73 Å². The van der Waals surface area contributed by atoms with Crippen LogP contribution in [0.25, 0.3) is 0 Å². The van der Waals surface area contributed by atoms with E-state index in [1.807, 2.05) is 26.0 Å². The first kappa shape index (κ1) is 13.9. The largest absolute Gasteiger partial charge is 0.358 e. The highest BCUT2D eigenvalue weighted by atomic mass is 16.2. The van der Waals surface area contributed by atoms with Crippen molar-refractivity contribution >= 4 is 11.6 Å². The molecule has 1 aromatic carbocycles. The lowest BCUT2D eigenvalue weighted by molar-refractivity contribution is -0.120. The van der Waals surface area contributed by atoms with Gasteiger partial charge in [0.2, 0.25) is 5.91 Å². The first-order valence-corrected chi connectivity index (χ1v) is 6.95. The van der Waals surface area contributed by atoms with Crippen molar-refractivity contribution in [2.24, 2.45) is 5.73 Å². The van der Waals surface area contributed by atoms with E-state index in [1.54, 1.807) is 0 Å². The molecule has 1 unspecified atom stereocenters. The lowest BCUT2D eigenvalue weighted by Gasteiger charge is -2.38. The molecule has 1 atom stereocenters. The zero-order chi connectivity index (χ0) is 13.8. The highest BCUT2D eigenvalue weighted by Crippen LogP contribution is 2.29. The van der Waals surface area contributed by atoms with Crippen LogP contribution in [-0.4, -0.2) is 31.1 Å². The number of carbonyl (C=O) groups is 1. The zero-order valence-electron chi connectivity index (χ0n) is 11.7. The van der Waals surface area contributed by atoms with Crippen LogP contribution in [0.15, 0.2) is 24.3 Å². The van der Waals surface area contributed by atoms with Gasteiger partial charge in [0, 0.05) is 24.3 Å². The summed E-state index contributed by atoms with van der Waals surface area (Å²) in [4.78, 5) is 14.1. The standard InChI is InChI=1S/C15H23N3O/c1-11(2)17-15(19)10-18-13(9-16)8-7-12-5-3-4-6-14(12)18/h3-6,11,13H,7-10,16H2,1-2H3,(H,17,19). The Kier molecular flexibility index (Phi) is 4.43. The van der Waals surface area contributed by atoms with Crippen LogP contribution >= 0.6 is 0 Å². The molecule has 0 aromatic heterocycles. The summed E-state index contributed by atoms with van der Waals surface area (Å²) in [7, 11) is 0. The topological polar surface area (TPSA) is 58.4 Å². The fourth-order valence-electron chi connectivity index (χ4n) is 2.66. The number of hydrogen-bond acceptors (Lipinski definition) is 3. The van der Waals surface area contributed by atoms with Crippen LogP contribution < -0.4 is 16.0 Å². The van der Waals surface area contributed by atoms with Crippen LogP contribution in [0.5, 0.6) is 0 Å². The molecule has 0 aliphatic carbocycles. The molecule has 1 aliphatic rings. The number of nitrogens with zero attached hydrogens (tertiary/aromatic N) is 1. The minimum absolute atomic E-state index is 0.0603. The number of rotatable bonds is 4. The number of nitrogens with one attached hydrogen (secondary N) is 1. The Balaban J connectivity index is 2.17. The highest BCUT2D eigenvalue weighted by Gasteiger charge is 2.26. The summed E-state index contributed by atoms with van der Waals surface area (Å²) in [6.07, 6.45) is 2.06. The van der Waals surface area contributed by atoms with Gasteiger partial charge in [0.1, 0.15) is 0 Å². The van der Waals surface area contributed by atoms with Crippen molar-refractivity contribution in [1.82, 2.24) is 5.32 Å².